The summed E-state index contributed by atoms with van der Waals surface area (Å²) in [5.74, 6) is 4.09. The Morgan fingerprint density at radius 3 is 2.10 bits per heavy atom. The van der Waals surface area contributed by atoms with E-state index in [2.05, 4.69) is 41.5 Å². The molecule has 4 rings (SSSR count). The van der Waals surface area contributed by atoms with Crippen LogP contribution in [-0.2, 0) is 11.2 Å². The summed E-state index contributed by atoms with van der Waals surface area (Å²) in [5, 5.41) is 9.83. The van der Waals surface area contributed by atoms with Crippen molar-refractivity contribution in [2.24, 2.45) is 17.8 Å². The van der Waals surface area contributed by atoms with Crippen molar-refractivity contribution in [3.8, 4) is 17.2 Å². The van der Waals surface area contributed by atoms with Crippen molar-refractivity contribution in [1.82, 2.24) is 0 Å². The molecule has 4 unspecified atom stereocenters. The van der Waals surface area contributed by atoms with Gasteiger partial charge >= 0.3 is 5.97 Å². The van der Waals surface area contributed by atoms with Gasteiger partial charge in [-0.1, -0.05) is 84.8 Å². The number of carbonyl (C=O) groups excluding carboxylic acids is 1. The zero-order valence-electron chi connectivity index (χ0n) is 26.8. The number of rotatable bonds is 13. The van der Waals surface area contributed by atoms with Gasteiger partial charge in [-0.25, -0.2) is 0 Å². The molecule has 2 aliphatic heterocycles. The van der Waals surface area contributed by atoms with Crippen molar-refractivity contribution in [2.75, 3.05) is 0 Å². The van der Waals surface area contributed by atoms with Crippen molar-refractivity contribution in [3.63, 3.8) is 0 Å². The molecule has 0 saturated heterocycles. The lowest BCUT2D eigenvalue weighted by Crippen LogP contribution is -2.38. The average molecular weight is 563 g/mol. The molecule has 0 spiro atoms. The quantitative estimate of drug-likeness (QED) is 0.195. The van der Waals surface area contributed by atoms with Crippen LogP contribution >= 0.6 is 0 Å². The largest absolute Gasteiger partial charge is 0.508 e. The molecule has 0 radical (unpaired) electrons. The first-order valence-corrected chi connectivity index (χ1v) is 16.3. The van der Waals surface area contributed by atoms with E-state index in [1.54, 1.807) is 12.1 Å². The second-order valence-electron chi connectivity index (χ2n) is 14.0. The van der Waals surface area contributed by atoms with Crippen LogP contribution in [0.2, 0.25) is 0 Å². The van der Waals surface area contributed by atoms with Crippen molar-refractivity contribution in [2.45, 2.75) is 137 Å². The molecular weight excluding hydrogens is 508 g/mol. The fourth-order valence-electron chi connectivity index (χ4n) is 7.00. The number of phenolic OH excluding ortho intramolecular Hbond substituents is 1. The topological polar surface area (TPSA) is 55.8 Å². The second kappa shape index (κ2) is 13.7. The Morgan fingerprint density at radius 2 is 1.46 bits per heavy atom. The molecule has 0 aromatic heterocycles. The molecule has 41 heavy (non-hydrogen) atoms. The lowest BCUT2D eigenvalue weighted by atomic mass is 9.77. The SMILES string of the molecule is Cc1c(C)c2c(c3c1OC(C)(CCCC(C)CCCC(C)CCCC(C)C)CC3)C(c1ccc(O)cc1)CC(=O)O2. The van der Waals surface area contributed by atoms with Crippen molar-refractivity contribution < 1.29 is 19.4 Å². The number of carbonyl (C=O) groups is 1. The molecule has 226 valence electrons. The molecule has 4 atom stereocenters. The van der Waals surface area contributed by atoms with Crippen molar-refractivity contribution >= 4 is 5.97 Å². The number of esters is 1. The van der Waals surface area contributed by atoms with E-state index < -0.39 is 0 Å². The van der Waals surface area contributed by atoms with Crippen molar-refractivity contribution in [3.05, 3.63) is 52.1 Å². The zero-order chi connectivity index (χ0) is 29.7. The van der Waals surface area contributed by atoms with Gasteiger partial charge in [-0.3, -0.25) is 4.79 Å². The minimum atomic E-state index is -0.200. The molecule has 0 bridgehead atoms. The van der Waals surface area contributed by atoms with Crippen LogP contribution in [0.1, 0.15) is 139 Å². The molecule has 4 nitrogen and oxygen atoms in total. The zero-order valence-corrected chi connectivity index (χ0v) is 26.8. The standard InChI is InChI=1S/C37H54O4/c1-24(2)11-8-12-25(3)13-9-14-26(4)15-10-21-37(7)22-20-31-34-32(29-16-18-30(38)19-17-29)23-33(39)40-36(34)28(6)27(5)35(31)41-37/h16-19,24-26,32,38H,8-15,20-23H2,1-7H3. The Balaban J connectivity index is 1.38. The van der Waals surface area contributed by atoms with E-state index >= 15 is 0 Å². The fourth-order valence-corrected chi connectivity index (χ4v) is 7.00. The van der Waals surface area contributed by atoms with Gasteiger partial charge in [-0.05, 0) is 93.0 Å². The normalized spacial score (nSPS) is 21.6. The Labute approximate surface area is 249 Å². The lowest BCUT2D eigenvalue weighted by Gasteiger charge is -2.40. The molecule has 2 aromatic carbocycles. The van der Waals surface area contributed by atoms with Crippen LogP contribution in [0.15, 0.2) is 24.3 Å². The molecule has 2 heterocycles. The van der Waals surface area contributed by atoms with Gasteiger partial charge in [-0.15, -0.1) is 0 Å². The van der Waals surface area contributed by atoms with E-state index in [0.717, 1.165) is 65.0 Å². The highest BCUT2D eigenvalue weighted by atomic mass is 16.5. The van der Waals surface area contributed by atoms with E-state index in [-0.39, 0.29) is 23.2 Å². The summed E-state index contributed by atoms with van der Waals surface area (Å²) < 4.78 is 12.8. The number of fused-ring (bicyclic) bond motifs is 3. The van der Waals surface area contributed by atoms with Gasteiger partial charge in [0.05, 0.1) is 6.42 Å². The number of ether oxygens (including phenoxy) is 2. The average Bonchev–Trinajstić information content (AvgIpc) is 2.91. The Hall–Kier alpha value is -2.49. The molecular formula is C37H54O4. The highest BCUT2D eigenvalue weighted by Gasteiger charge is 2.40. The highest BCUT2D eigenvalue weighted by Crippen LogP contribution is 2.51. The van der Waals surface area contributed by atoms with E-state index in [1.807, 2.05) is 19.1 Å². The number of hydrogen-bond donors (Lipinski definition) is 1. The molecule has 2 aromatic rings. The molecule has 0 amide bonds. The number of aromatic hydroxyl groups is 1. The first-order chi connectivity index (χ1) is 19.5. The maximum Gasteiger partial charge on any atom is 0.312 e. The summed E-state index contributed by atoms with van der Waals surface area (Å²) in [4.78, 5) is 12.6. The highest BCUT2D eigenvalue weighted by molar-refractivity contribution is 5.80. The van der Waals surface area contributed by atoms with Crippen molar-refractivity contribution in [1.29, 1.82) is 0 Å². The minimum absolute atomic E-state index is 0.0911. The molecule has 4 heteroatoms. The van der Waals surface area contributed by atoms with Crippen LogP contribution in [0.25, 0.3) is 0 Å². The van der Waals surface area contributed by atoms with E-state index in [9.17, 15) is 9.90 Å². The summed E-state index contributed by atoms with van der Waals surface area (Å²) in [7, 11) is 0. The van der Waals surface area contributed by atoms with Crippen LogP contribution < -0.4 is 9.47 Å². The van der Waals surface area contributed by atoms with Crippen LogP contribution in [-0.4, -0.2) is 16.7 Å². The first kappa shape index (κ1) is 31.4. The van der Waals surface area contributed by atoms with E-state index in [0.29, 0.717) is 12.2 Å². The maximum atomic E-state index is 12.6. The summed E-state index contributed by atoms with van der Waals surface area (Å²) in [6.07, 6.45) is 13.9. The smallest absolute Gasteiger partial charge is 0.312 e. The minimum Gasteiger partial charge on any atom is -0.508 e. The summed E-state index contributed by atoms with van der Waals surface area (Å²) in [6.45, 7) is 15.9. The monoisotopic (exact) mass is 562 g/mol. The lowest BCUT2D eigenvalue weighted by molar-refractivity contribution is -0.135. The van der Waals surface area contributed by atoms with Gasteiger partial charge in [0.2, 0.25) is 0 Å². The van der Waals surface area contributed by atoms with Gasteiger partial charge in [0.15, 0.2) is 0 Å². The summed E-state index contributed by atoms with van der Waals surface area (Å²) >= 11 is 0. The number of phenols is 1. The molecule has 0 aliphatic carbocycles. The molecule has 0 saturated carbocycles. The number of hydrogen-bond acceptors (Lipinski definition) is 4. The van der Waals surface area contributed by atoms with E-state index in [1.165, 1.54) is 56.9 Å². The fraction of sp³-hybridized carbons (Fsp3) is 0.649. The van der Waals surface area contributed by atoms with E-state index in [4.69, 9.17) is 9.47 Å². The predicted octanol–water partition coefficient (Wildman–Crippen LogP) is 9.97. The van der Waals surface area contributed by atoms with Crippen LogP contribution in [0.5, 0.6) is 17.2 Å². The Kier molecular flexibility index (Phi) is 10.5. The third-order valence-corrected chi connectivity index (χ3v) is 9.85. The van der Waals surface area contributed by atoms with Gasteiger partial charge in [0.1, 0.15) is 22.8 Å². The Morgan fingerprint density at radius 1 is 0.878 bits per heavy atom. The molecule has 2 aliphatic rings. The Bertz CT molecular complexity index is 1180. The molecule has 0 fully saturated rings. The predicted molar refractivity (Wildman–Crippen MR) is 168 cm³/mol. The van der Waals surface area contributed by atoms with Crippen LogP contribution in [0, 0.1) is 31.6 Å². The first-order valence-electron chi connectivity index (χ1n) is 16.3. The third-order valence-electron chi connectivity index (χ3n) is 9.85. The van der Waals surface area contributed by atoms with Crippen LogP contribution in [0.4, 0.5) is 0 Å². The summed E-state index contributed by atoms with van der Waals surface area (Å²) in [5.41, 5.74) is 5.22. The van der Waals surface area contributed by atoms with Crippen LogP contribution in [0.3, 0.4) is 0 Å². The van der Waals surface area contributed by atoms with Gasteiger partial charge in [-0.2, -0.15) is 0 Å². The third kappa shape index (κ3) is 7.87. The van der Waals surface area contributed by atoms with Gasteiger partial charge < -0.3 is 14.6 Å². The van der Waals surface area contributed by atoms with Gasteiger partial charge in [0.25, 0.3) is 0 Å². The molecule has 1 N–H and O–H groups in total. The summed E-state index contributed by atoms with van der Waals surface area (Å²) in [6, 6.07) is 7.25. The van der Waals surface area contributed by atoms with Gasteiger partial charge in [0, 0.05) is 17.0 Å². The maximum absolute atomic E-state index is 12.6. The second-order valence-corrected chi connectivity index (χ2v) is 14.0. The number of benzene rings is 2.